The molecule has 0 atom stereocenters. The van der Waals surface area contributed by atoms with Crippen LogP contribution in [0.5, 0.6) is 0 Å². The Morgan fingerprint density at radius 3 is 2.73 bits per heavy atom. The largest absolute Gasteiger partial charge is 0.360 e. The zero-order valence-electron chi connectivity index (χ0n) is 11.8. The Morgan fingerprint density at radius 2 is 2.09 bits per heavy atom. The summed E-state index contributed by atoms with van der Waals surface area (Å²) in [5, 5.41) is 4.16. The zero-order valence-corrected chi connectivity index (χ0v) is 13.5. The second-order valence-corrected chi connectivity index (χ2v) is 6.79. The van der Waals surface area contributed by atoms with E-state index in [0.29, 0.717) is 33.0 Å². The van der Waals surface area contributed by atoms with Gasteiger partial charge in [0.2, 0.25) is 0 Å². The first-order valence-corrected chi connectivity index (χ1v) is 8.62. The van der Waals surface area contributed by atoms with Crippen molar-refractivity contribution < 1.29 is 17.7 Å². The Hall–Kier alpha value is -1.66. The van der Waals surface area contributed by atoms with Crippen LogP contribution in [-0.4, -0.2) is 19.4 Å². The first-order valence-electron chi connectivity index (χ1n) is 6.88. The highest BCUT2D eigenvalue weighted by molar-refractivity contribution is 7.71. The molecule has 1 heterocycles. The van der Waals surface area contributed by atoms with E-state index in [1.165, 1.54) is 6.20 Å². The maximum atomic E-state index is 12.8. The quantitative estimate of drug-likeness (QED) is 0.669. The highest BCUT2D eigenvalue weighted by Crippen LogP contribution is 2.42. The lowest BCUT2D eigenvalue weighted by atomic mass is 9.95. The SMILES string of the molecule is Cc1c(Cl)ccc(C(=O)c2cnoc2C2CC2)c1C[SH](=O)=O. The van der Waals surface area contributed by atoms with Crippen molar-refractivity contribution in [3.05, 3.63) is 51.4 Å². The van der Waals surface area contributed by atoms with Crippen LogP contribution in [0.2, 0.25) is 5.02 Å². The molecule has 0 spiro atoms. The molecular formula is C15H14ClNO4S. The molecule has 0 bridgehead atoms. The van der Waals surface area contributed by atoms with Crippen LogP contribution < -0.4 is 0 Å². The number of hydrogen-bond donors (Lipinski definition) is 1. The number of hydrogen-bond acceptors (Lipinski definition) is 5. The molecule has 3 rings (SSSR count). The van der Waals surface area contributed by atoms with E-state index in [0.717, 1.165) is 12.8 Å². The molecule has 0 aliphatic heterocycles. The highest BCUT2D eigenvalue weighted by atomic mass is 35.5. The van der Waals surface area contributed by atoms with Crippen LogP contribution in [0, 0.1) is 6.92 Å². The number of benzene rings is 1. The van der Waals surface area contributed by atoms with Crippen molar-refractivity contribution in [3.8, 4) is 0 Å². The Kier molecular flexibility index (Phi) is 4.06. The van der Waals surface area contributed by atoms with Crippen LogP contribution in [-0.2, 0) is 16.5 Å². The summed E-state index contributed by atoms with van der Waals surface area (Å²) in [4.78, 5) is 12.8. The fraction of sp³-hybridized carbons (Fsp3) is 0.333. The number of carbonyl (C=O) groups excluding carboxylic acids is 1. The molecule has 7 heteroatoms. The van der Waals surface area contributed by atoms with E-state index in [1.807, 2.05) is 0 Å². The van der Waals surface area contributed by atoms with E-state index in [9.17, 15) is 13.2 Å². The molecule has 0 N–H and O–H groups in total. The minimum absolute atomic E-state index is 0.215. The fourth-order valence-electron chi connectivity index (χ4n) is 2.48. The summed E-state index contributed by atoms with van der Waals surface area (Å²) in [5.74, 6) is 0.353. The normalized spacial score (nSPS) is 14.5. The molecule has 1 saturated carbocycles. The smallest absolute Gasteiger partial charge is 0.198 e. The van der Waals surface area contributed by atoms with Crippen molar-refractivity contribution >= 4 is 28.1 Å². The molecule has 1 aromatic carbocycles. The summed E-state index contributed by atoms with van der Waals surface area (Å²) in [5.41, 5.74) is 1.80. The van der Waals surface area contributed by atoms with Gasteiger partial charge < -0.3 is 4.52 Å². The van der Waals surface area contributed by atoms with Gasteiger partial charge in [0.1, 0.15) is 10.7 Å². The van der Waals surface area contributed by atoms with Gasteiger partial charge in [0.25, 0.3) is 0 Å². The van der Waals surface area contributed by atoms with Gasteiger partial charge in [-0.25, -0.2) is 8.42 Å². The van der Waals surface area contributed by atoms with Gasteiger partial charge in [-0.1, -0.05) is 16.8 Å². The average molecular weight is 340 g/mol. The maximum Gasteiger partial charge on any atom is 0.198 e. The topological polar surface area (TPSA) is 77.2 Å². The van der Waals surface area contributed by atoms with Crippen LogP contribution in [0.15, 0.2) is 22.9 Å². The van der Waals surface area contributed by atoms with Crippen LogP contribution in [0.4, 0.5) is 0 Å². The van der Waals surface area contributed by atoms with Gasteiger partial charge in [-0.05, 0) is 43.0 Å². The Morgan fingerprint density at radius 1 is 1.36 bits per heavy atom. The van der Waals surface area contributed by atoms with Gasteiger partial charge in [-0.2, -0.15) is 0 Å². The van der Waals surface area contributed by atoms with Gasteiger partial charge in [-0.15, -0.1) is 0 Å². The van der Waals surface area contributed by atoms with Gasteiger partial charge >= 0.3 is 0 Å². The zero-order chi connectivity index (χ0) is 15.9. The van der Waals surface area contributed by atoms with Crippen LogP contribution in [0.1, 0.15) is 51.6 Å². The molecule has 0 radical (unpaired) electrons. The third kappa shape index (κ3) is 2.80. The van der Waals surface area contributed by atoms with Gasteiger partial charge in [0.15, 0.2) is 11.5 Å². The first-order chi connectivity index (χ1) is 10.5. The molecule has 1 aliphatic carbocycles. The number of halogens is 1. The van der Waals surface area contributed by atoms with Crippen molar-refractivity contribution in [1.82, 2.24) is 5.16 Å². The van der Waals surface area contributed by atoms with Crippen molar-refractivity contribution in [3.63, 3.8) is 0 Å². The lowest BCUT2D eigenvalue weighted by Crippen LogP contribution is -2.09. The molecule has 1 aliphatic rings. The number of carbonyl (C=O) groups is 1. The average Bonchev–Trinajstić information content (AvgIpc) is 3.20. The monoisotopic (exact) mass is 339 g/mol. The summed E-state index contributed by atoms with van der Waals surface area (Å²) in [6.45, 7) is 1.71. The molecule has 5 nitrogen and oxygen atoms in total. The summed E-state index contributed by atoms with van der Waals surface area (Å²) < 4.78 is 27.5. The molecule has 2 aromatic rings. The van der Waals surface area contributed by atoms with E-state index in [1.54, 1.807) is 19.1 Å². The van der Waals surface area contributed by atoms with Crippen LogP contribution >= 0.6 is 11.6 Å². The highest BCUT2D eigenvalue weighted by Gasteiger charge is 2.33. The van der Waals surface area contributed by atoms with Crippen molar-refractivity contribution in [2.45, 2.75) is 31.4 Å². The van der Waals surface area contributed by atoms with Gasteiger partial charge in [0, 0.05) is 16.5 Å². The number of rotatable bonds is 5. The molecule has 1 fully saturated rings. The summed E-state index contributed by atoms with van der Waals surface area (Å²) in [6, 6.07) is 3.17. The van der Waals surface area contributed by atoms with E-state index in [2.05, 4.69) is 5.16 Å². The summed E-state index contributed by atoms with van der Waals surface area (Å²) >= 11 is 6.05. The number of thiol groups is 1. The fourth-order valence-corrected chi connectivity index (χ4v) is 3.32. The van der Waals surface area contributed by atoms with Gasteiger partial charge in [0.05, 0.1) is 17.5 Å². The first kappa shape index (κ1) is 15.2. The molecular weight excluding hydrogens is 326 g/mol. The van der Waals surface area contributed by atoms with Crippen molar-refractivity contribution in [1.29, 1.82) is 0 Å². The van der Waals surface area contributed by atoms with Crippen LogP contribution in [0.3, 0.4) is 0 Å². The number of ketones is 1. The lowest BCUT2D eigenvalue weighted by Gasteiger charge is -2.11. The Balaban J connectivity index is 2.08. The summed E-state index contributed by atoms with van der Waals surface area (Å²) in [7, 11) is -2.66. The minimum atomic E-state index is -2.66. The number of nitrogens with zero attached hydrogens (tertiary/aromatic N) is 1. The molecule has 1 aromatic heterocycles. The molecule has 22 heavy (non-hydrogen) atoms. The summed E-state index contributed by atoms with van der Waals surface area (Å²) in [6.07, 6.45) is 3.36. The predicted octanol–water partition coefficient (Wildman–Crippen LogP) is 2.86. The second-order valence-electron chi connectivity index (χ2n) is 5.40. The molecule has 0 saturated heterocycles. The van der Waals surface area contributed by atoms with E-state index in [-0.39, 0.29) is 17.5 Å². The third-order valence-electron chi connectivity index (χ3n) is 3.86. The van der Waals surface area contributed by atoms with E-state index < -0.39 is 10.7 Å². The van der Waals surface area contributed by atoms with Crippen LogP contribution in [0.25, 0.3) is 0 Å². The molecule has 116 valence electrons. The molecule has 0 amide bonds. The lowest BCUT2D eigenvalue weighted by molar-refractivity contribution is 0.103. The standard InChI is InChI=1S/C15H14ClNO4S/c1-8-12(7-22(19)20)10(4-5-13(8)16)14(18)11-6-17-21-15(11)9-2-3-9/h4-6,9,22H,2-3,7H2,1H3. The third-order valence-corrected chi connectivity index (χ3v) is 4.84. The second kappa shape index (κ2) is 5.85. The minimum Gasteiger partial charge on any atom is -0.360 e. The van der Waals surface area contributed by atoms with Gasteiger partial charge in [-0.3, -0.25) is 4.79 Å². The maximum absolute atomic E-state index is 12.8. The Labute approximate surface area is 134 Å². The predicted molar refractivity (Wildman–Crippen MR) is 82.1 cm³/mol. The van der Waals surface area contributed by atoms with Crippen molar-refractivity contribution in [2.75, 3.05) is 0 Å². The molecule has 0 unspecified atom stereocenters. The Bertz CT molecular complexity index is 813. The number of aromatic nitrogens is 1. The van der Waals surface area contributed by atoms with E-state index >= 15 is 0 Å². The van der Waals surface area contributed by atoms with Crippen molar-refractivity contribution in [2.24, 2.45) is 0 Å². The van der Waals surface area contributed by atoms with E-state index in [4.69, 9.17) is 16.1 Å².